The molecular weight excluding hydrogens is 409 g/mol. The lowest BCUT2D eigenvalue weighted by atomic mass is 10.0. The number of nitrogens with one attached hydrogen (secondary N) is 2. The van der Waals surface area contributed by atoms with Crippen molar-refractivity contribution in [2.45, 2.75) is 51.7 Å². The molecule has 0 fully saturated rings. The number of nitrogens with two attached hydrogens (primary N) is 2. The molecule has 0 saturated carbocycles. The van der Waals surface area contributed by atoms with Crippen LogP contribution < -0.4 is 22.2 Å². The van der Waals surface area contributed by atoms with Crippen LogP contribution in [-0.4, -0.2) is 59.0 Å². The molecule has 0 aliphatic carbocycles. The number of ether oxygens (including phenoxy) is 1. The highest BCUT2D eigenvalue weighted by Gasteiger charge is 2.23. The maximum absolute atomic E-state index is 13.0. The summed E-state index contributed by atoms with van der Waals surface area (Å²) in [5, 5.41) is 9.65. The molecule has 0 spiro atoms. The molecule has 0 saturated heterocycles. The number of alkyl carbamates (subject to hydrolysis) is 1. The van der Waals surface area contributed by atoms with Crippen LogP contribution in [0.5, 0.6) is 0 Å². The Hall–Kier alpha value is -3.28. The first-order valence-electron chi connectivity index (χ1n) is 9.70. The molecule has 2 amide bonds. The predicted molar refractivity (Wildman–Crippen MR) is 112 cm³/mol. The summed E-state index contributed by atoms with van der Waals surface area (Å²) in [5.74, 6) is 3.86. The van der Waals surface area contributed by atoms with Gasteiger partial charge >= 0.3 is 6.09 Å². The molecule has 0 radical (unpaired) electrons. The first-order valence-corrected chi connectivity index (χ1v) is 9.70. The number of halogens is 1. The second-order valence-corrected chi connectivity index (χ2v) is 7.65. The van der Waals surface area contributed by atoms with Crippen LogP contribution in [0.3, 0.4) is 0 Å². The minimum atomic E-state index is -0.877. The van der Waals surface area contributed by atoms with E-state index in [-0.39, 0.29) is 18.5 Å². The zero-order valence-corrected chi connectivity index (χ0v) is 17.9. The van der Waals surface area contributed by atoms with Crippen LogP contribution in [-0.2, 0) is 9.53 Å². The number of hydrazone groups is 1. The lowest BCUT2D eigenvalue weighted by Gasteiger charge is -2.21. The minimum Gasteiger partial charge on any atom is -0.444 e. The van der Waals surface area contributed by atoms with Crippen LogP contribution in [0.15, 0.2) is 23.4 Å². The fraction of sp³-hybridized carbons (Fsp3) is 0.526. The molecule has 1 unspecified atom stereocenters. The summed E-state index contributed by atoms with van der Waals surface area (Å²) in [4.78, 5) is 40.0. The van der Waals surface area contributed by atoms with Gasteiger partial charge in [-0.3, -0.25) is 9.59 Å². The number of hydrogen-bond acceptors (Lipinski definition) is 8. The fourth-order valence-electron chi connectivity index (χ4n) is 2.44. The molecule has 1 atom stereocenters. The fourth-order valence-corrected chi connectivity index (χ4v) is 2.44. The third-order valence-corrected chi connectivity index (χ3v) is 3.80. The molecule has 12 heteroatoms. The predicted octanol–water partition coefficient (Wildman–Crippen LogP) is 0.661. The maximum atomic E-state index is 13.0. The van der Waals surface area contributed by atoms with E-state index in [1.54, 1.807) is 20.8 Å². The number of rotatable bonds is 11. The molecule has 1 rings (SSSR count). The van der Waals surface area contributed by atoms with Gasteiger partial charge in [-0.25, -0.2) is 20.7 Å². The van der Waals surface area contributed by atoms with Gasteiger partial charge in [0.2, 0.25) is 5.95 Å². The van der Waals surface area contributed by atoms with Crippen LogP contribution >= 0.6 is 0 Å². The highest BCUT2D eigenvalue weighted by Crippen LogP contribution is 2.08. The molecule has 0 aliphatic heterocycles. The third kappa shape index (κ3) is 10.9. The Morgan fingerprint density at radius 1 is 1.32 bits per heavy atom. The molecule has 1 aromatic rings. The molecule has 1 aromatic heterocycles. The van der Waals surface area contributed by atoms with E-state index < -0.39 is 35.4 Å². The average Bonchev–Trinajstić information content (AvgIpc) is 2.65. The SMILES string of the molecule is CC(C)(C)OC(=O)NCCCCC(NC(=O)c1ccc(F)nc1)C(=O)CN(N)/N=C\N. The van der Waals surface area contributed by atoms with E-state index in [1.807, 2.05) is 0 Å². The minimum absolute atomic E-state index is 0.107. The number of pyridine rings is 1. The lowest BCUT2D eigenvalue weighted by molar-refractivity contribution is -0.122. The number of carbonyl (C=O) groups is 3. The van der Waals surface area contributed by atoms with Gasteiger partial charge in [-0.2, -0.15) is 9.49 Å². The Bertz CT molecular complexity index is 766. The Balaban J connectivity index is 2.63. The molecule has 0 bridgehead atoms. The summed E-state index contributed by atoms with van der Waals surface area (Å²) in [6, 6.07) is 1.43. The Labute approximate surface area is 180 Å². The van der Waals surface area contributed by atoms with Gasteiger partial charge in [0.15, 0.2) is 5.78 Å². The number of unbranched alkanes of at least 4 members (excludes halogenated alkanes) is 1. The number of carbonyl (C=O) groups excluding carboxylic acids is 3. The third-order valence-electron chi connectivity index (χ3n) is 3.80. The summed E-state index contributed by atoms with van der Waals surface area (Å²) in [6.07, 6.45) is 2.83. The topological polar surface area (TPSA) is 165 Å². The molecule has 1 heterocycles. The Kier molecular flexibility index (Phi) is 10.3. The number of ketones is 1. The average molecular weight is 439 g/mol. The van der Waals surface area contributed by atoms with E-state index in [2.05, 4.69) is 20.7 Å². The van der Waals surface area contributed by atoms with E-state index in [0.717, 1.165) is 23.7 Å². The first kappa shape index (κ1) is 25.8. The van der Waals surface area contributed by atoms with Crippen molar-refractivity contribution in [3.05, 3.63) is 29.8 Å². The van der Waals surface area contributed by atoms with Gasteiger partial charge in [0.05, 0.1) is 11.6 Å². The van der Waals surface area contributed by atoms with Crippen LogP contribution in [0.25, 0.3) is 0 Å². The molecule has 6 N–H and O–H groups in total. The molecule has 31 heavy (non-hydrogen) atoms. The summed E-state index contributed by atoms with van der Waals surface area (Å²) >= 11 is 0. The second kappa shape index (κ2) is 12.4. The quantitative estimate of drug-likeness (QED) is 0.0975. The maximum Gasteiger partial charge on any atom is 0.407 e. The zero-order valence-electron chi connectivity index (χ0n) is 17.9. The molecule has 0 aromatic carbocycles. The number of hydrogen-bond donors (Lipinski definition) is 4. The summed E-state index contributed by atoms with van der Waals surface area (Å²) in [7, 11) is 0. The van der Waals surface area contributed by atoms with Crippen molar-refractivity contribution in [2.75, 3.05) is 13.1 Å². The number of nitrogens with zero attached hydrogens (tertiary/aromatic N) is 3. The Morgan fingerprint density at radius 3 is 2.61 bits per heavy atom. The van der Waals surface area contributed by atoms with Crippen molar-refractivity contribution in [3.8, 4) is 0 Å². The van der Waals surface area contributed by atoms with Crippen molar-refractivity contribution >= 4 is 24.1 Å². The van der Waals surface area contributed by atoms with E-state index in [0.29, 0.717) is 19.4 Å². The first-order chi connectivity index (χ1) is 14.5. The number of hydrazine groups is 1. The molecule has 0 aliphatic rings. The van der Waals surface area contributed by atoms with Gasteiger partial charge < -0.3 is 21.1 Å². The smallest absolute Gasteiger partial charge is 0.407 e. The number of Topliss-reactive ketones (excluding diaryl/α,β-unsaturated/α-hetero) is 1. The normalized spacial score (nSPS) is 12.3. The molecule has 11 nitrogen and oxygen atoms in total. The number of amides is 2. The van der Waals surface area contributed by atoms with Gasteiger partial charge in [0, 0.05) is 12.7 Å². The van der Waals surface area contributed by atoms with Crippen LogP contribution in [0, 0.1) is 5.95 Å². The number of aromatic nitrogens is 1. The van der Waals surface area contributed by atoms with Gasteiger partial charge in [-0.05, 0) is 52.2 Å². The summed E-state index contributed by atoms with van der Waals surface area (Å²) < 4.78 is 18.1. The summed E-state index contributed by atoms with van der Waals surface area (Å²) in [6.45, 7) is 5.34. The van der Waals surface area contributed by atoms with Crippen LogP contribution in [0.2, 0.25) is 0 Å². The van der Waals surface area contributed by atoms with E-state index in [9.17, 15) is 18.8 Å². The van der Waals surface area contributed by atoms with Gasteiger partial charge in [0.25, 0.3) is 5.91 Å². The van der Waals surface area contributed by atoms with Crippen LogP contribution in [0.1, 0.15) is 50.4 Å². The summed E-state index contributed by atoms with van der Waals surface area (Å²) in [5.41, 5.74) is 4.66. The van der Waals surface area contributed by atoms with Crippen molar-refractivity contribution in [3.63, 3.8) is 0 Å². The standard InChI is InChI=1S/C19H30FN7O4/c1-19(2,3)31-18(30)23-9-5-4-6-14(15(28)11-27(22)25-12-21)26-17(29)13-7-8-16(20)24-10-13/h7-8,10,12,14H,4-6,9,11,22H2,1-3H3,(H2,21,25)(H,23,30)(H,26,29). The van der Waals surface area contributed by atoms with E-state index in [4.69, 9.17) is 16.3 Å². The van der Waals surface area contributed by atoms with Crippen molar-refractivity contribution < 1.29 is 23.5 Å². The van der Waals surface area contributed by atoms with E-state index >= 15 is 0 Å². The monoisotopic (exact) mass is 439 g/mol. The van der Waals surface area contributed by atoms with E-state index in [1.165, 1.54) is 6.07 Å². The van der Waals surface area contributed by atoms with Crippen molar-refractivity contribution in [2.24, 2.45) is 16.7 Å². The zero-order chi connectivity index (χ0) is 23.4. The lowest BCUT2D eigenvalue weighted by Crippen LogP contribution is -2.46. The highest BCUT2D eigenvalue weighted by molar-refractivity contribution is 5.98. The molecule has 172 valence electrons. The van der Waals surface area contributed by atoms with Gasteiger partial charge in [-0.1, -0.05) is 0 Å². The van der Waals surface area contributed by atoms with Crippen molar-refractivity contribution in [1.82, 2.24) is 20.7 Å². The van der Waals surface area contributed by atoms with Gasteiger partial charge in [-0.15, -0.1) is 0 Å². The van der Waals surface area contributed by atoms with Gasteiger partial charge in [0.1, 0.15) is 18.5 Å². The van der Waals surface area contributed by atoms with Crippen molar-refractivity contribution in [1.29, 1.82) is 0 Å². The Morgan fingerprint density at radius 2 is 2.03 bits per heavy atom. The highest BCUT2D eigenvalue weighted by atomic mass is 19.1. The largest absolute Gasteiger partial charge is 0.444 e. The molecular formula is C19H30FN7O4. The second-order valence-electron chi connectivity index (χ2n) is 7.65. The van der Waals surface area contributed by atoms with Crippen LogP contribution in [0.4, 0.5) is 9.18 Å².